The third-order valence-corrected chi connectivity index (χ3v) is 2.44. The highest BCUT2D eigenvalue weighted by Gasteiger charge is 2.40. The van der Waals surface area contributed by atoms with E-state index >= 15 is 0 Å². The predicted molar refractivity (Wildman–Crippen MR) is 50.4 cm³/mol. The van der Waals surface area contributed by atoms with Crippen LogP contribution in [0.1, 0.15) is 40.5 Å². The van der Waals surface area contributed by atoms with Gasteiger partial charge in [0.2, 0.25) is 0 Å². The molecule has 1 aliphatic heterocycles. The van der Waals surface area contributed by atoms with Gasteiger partial charge in [0.1, 0.15) is 6.10 Å². The van der Waals surface area contributed by atoms with Crippen molar-refractivity contribution >= 4 is 0 Å². The van der Waals surface area contributed by atoms with E-state index in [1.54, 1.807) is 0 Å². The molecule has 2 atom stereocenters. The first-order chi connectivity index (χ1) is 6.00. The molecule has 1 rings (SSSR count). The van der Waals surface area contributed by atoms with Crippen molar-refractivity contribution in [2.45, 2.75) is 64.6 Å². The Hall–Kier alpha value is -0.120. The van der Waals surface area contributed by atoms with Crippen molar-refractivity contribution in [1.82, 2.24) is 0 Å². The molecule has 0 amide bonds. The third kappa shape index (κ3) is 2.42. The topological polar surface area (TPSA) is 38.7 Å². The average Bonchev–Trinajstić information content (AvgIpc) is 2.08. The molecule has 1 saturated heterocycles. The Morgan fingerprint density at radius 2 is 1.46 bits per heavy atom. The summed E-state index contributed by atoms with van der Waals surface area (Å²) in [6, 6.07) is 0. The number of hydrogen-bond acceptors (Lipinski definition) is 3. The second kappa shape index (κ2) is 3.95. The van der Waals surface area contributed by atoms with Crippen LogP contribution in [0.25, 0.3) is 0 Å². The Balaban J connectivity index is 2.68. The quantitative estimate of drug-likeness (QED) is 0.716. The van der Waals surface area contributed by atoms with Gasteiger partial charge in [0, 0.05) is 0 Å². The van der Waals surface area contributed by atoms with Crippen LogP contribution in [0.4, 0.5) is 0 Å². The van der Waals surface area contributed by atoms with Crippen LogP contribution in [0.2, 0.25) is 0 Å². The van der Waals surface area contributed by atoms with E-state index in [1.807, 2.05) is 27.7 Å². The van der Waals surface area contributed by atoms with Crippen LogP contribution in [0, 0.1) is 0 Å². The standard InChI is InChI=1S/C10H20O3/c1-5-7-9(11)8(6-2)13-10(3,4)12-7/h7-9,11H,5-6H2,1-4H3/t7-,8-/m0/s1. The zero-order valence-corrected chi connectivity index (χ0v) is 8.91. The van der Waals surface area contributed by atoms with Gasteiger partial charge in [-0.2, -0.15) is 0 Å². The molecule has 0 aliphatic carbocycles. The maximum Gasteiger partial charge on any atom is 0.163 e. The smallest absolute Gasteiger partial charge is 0.163 e. The first kappa shape index (κ1) is 11.0. The molecule has 0 spiro atoms. The van der Waals surface area contributed by atoms with Crippen molar-refractivity contribution in [3.63, 3.8) is 0 Å². The fourth-order valence-electron chi connectivity index (χ4n) is 1.79. The summed E-state index contributed by atoms with van der Waals surface area (Å²) in [5.41, 5.74) is 0. The summed E-state index contributed by atoms with van der Waals surface area (Å²) in [4.78, 5) is 0. The van der Waals surface area contributed by atoms with E-state index < -0.39 is 11.9 Å². The molecule has 1 aliphatic rings. The fraction of sp³-hybridized carbons (Fsp3) is 1.00. The van der Waals surface area contributed by atoms with Crippen molar-refractivity contribution < 1.29 is 14.6 Å². The lowest BCUT2D eigenvalue weighted by molar-refractivity contribution is -0.332. The molecular formula is C10H20O3. The van der Waals surface area contributed by atoms with E-state index in [4.69, 9.17) is 9.47 Å². The molecule has 3 nitrogen and oxygen atoms in total. The maximum atomic E-state index is 9.81. The molecule has 0 aromatic rings. The molecule has 0 radical (unpaired) electrons. The van der Waals surface area contributed by atoms with Gasteiger partial charge in [0.25, 0.3) is 0 Å². The van der Waals surface area contributed by atoms with Crippen LogP contribution in [0.5, 0.6) is 0 Å². The number of aliphatic hydroxyl groups excluding tert-OH is 1. The van der Waals surface area contributed by atoms with Crippen LogP contribution in [-0.2, 0) is 9.47 Å². The van der Waals surface area contributed by atoms with Crippen LogP contribution < -0.4 is 0 Å². The van der Waals surface area contributed by atoms with Gasteiger partial charge in [-0.1, -0.05) is 13.8 Å². The van der Waals surface area contributed by atoms with Gasteiger partial charge < -0.3 is 14.6 Å². The lowest BCUT2D eigenvalue weighted by Gasteiger charge is -2.43. The number of rotatable bonds is 2. The highest BCUT2D eigenvalue weighted by atomic mass is 16.7. The zero-order valence-electron chi connectivity index (χ0n) is 8.91. The van der Waals surface area contributed by atoms with E-state index in [0.29, 0.717) is 0 Å². The van der Waals surface area contributed by atoms with E-state index in [2.05, 4.69) is 0 Å². The largest absolute Gasteiger partial charge is 0.388 e. The molecular weight excluding hydrogens is 168 g/mol. The second-order valence-electron chi connectivity index (χ2n) is 4.02. The summed E-state index contributed by atoms with van der Waals surface area (Å²) in [6.07, 6.45) is 0.986. The molecule has 0 aromatic carbocycles. The predicted octanol–water partition coefficient (Wildman–Crippen LogP) is 1.69. The Morgan fingerprint density at radius 1 is 1.08 bits per heavy atom. The van der Waals surface area contributed by atoms with Gasteiger partial charge in [0.15, 0.2) is 5.79 Å². The monoisotopic (exact) mass is 188 g/mol. The summed E-state index contributed by atoms with van der Waals surface area (Å²) in [5, 5.41) is 9.81. The normalized spacial score (nSPS) is 39.0. The first-order valence-electron chi connectivity index (χ1n) is 5.04. The van der Waals surface area contributed by atoms with Crippen molar-refractivity contribution in [2.24, 2.45) is 0 Å². The van der Waals surface area contributed by atoms with Gasteiger partial charge >= 0.3 is 0 Å². The number of aliphatic hydroxyl groups is 1. The van der Waals surface area contributed by atoms with E-state index in [9.17, 15) is 5.11 Å². The van der Waals surface area contributed by atoms with Crippen molar-refractivity contribution in [1.29, 1.82) is 0 Å². The van der Waals surface area contributed by atoms with E-state index in [1.165, 1.54) is 0 Å². The minimum absolute atomic E-state index is 0.0892. The van der Waals surface area contributed by atoms with E-state index in [0.717, 1.165) is 12.8 Å². The van der Waals surface area contributed by atoms with Crippen LogP contribution >= 0.6 is 0 Å². The van der Waals surface area contributed by atoms with Gasteiger partial charge in [-0.3, -0.25) is 0 Å². The van der Waals surface area contributed by atoms with Gasteiger partial charge in [-0.15, -0.1) is 0 Å². The molecule has 0 aromatic heterocycles. The summed E-state index contributed by atoms with van der Waals surface area (Å²) >= 11 is 0. The van der Waals surface area contributed by atoms with Crippen molar-refractivity contribution in [2.75, 3.05) is 0 Å². The van der Waals surface area contributed by atoms with Crippen molar-refractivity contribution in [3.05, 3.63) is 0 Å². The van der Waals surface area contributed by atoms with E-state index in [-0.39, 0.29) is 12.2 Å². The molecule has 1 fully saturated rings. The molecule has 3 heteroatoms. The minimum Gasteiger partial charge on any atom is -0.388 e. The summed E-state index contributed by atoms with van der Waals surface area (Å²) in [7, 11) is 0. The van der Waals surface area contributed by atoms with Gasteiger partial charge in [-0.25, -0.2) is 0 Å². The summed E-state index contributed by atoms with van der Waals surface area (Å²) < 4.78 is 11.2. The lowest BCUT2D eigenvalue weighted by Crippen LogP contribution is -2.53. The fourth-order valence-corrected chi connectivity index (χ4v) is 1.79. The molecule has 13 heavy (non-hydrogen) atoms. The number of ether oxygens (including phenoxy) is 2. The molecule has 78 valence electrons. The molecule has 0 saturated carbocycles. The minimum atomic E-state index is -0.555. The molecule has 0 bridgehead atoms. The van der Waals surface area contributed by atoms with Crippen LogP contribution in [0.15, 0.2) is 0 Å². The number of hydrogen-bond donors (Lipinski definition) is 1. The third-order valence-electron chi connectivity index (χ3n) is 2.44. The summed E-state index contributed by atoms with van der Waals surface area (Å²) in [6.45, 7) is 7.82. The van der Waals surface area contributed by atoms with Crippen LogP contribution in [0.3, 0.4) is 0 Å². The Labute approximate surface area is 80.0 Å². The Kier molecular flexibility index (Phi) is 3.33. The second-order valence-corrected chi connectivity index (χ2v) is 4.02. The van der Waals surface area contributed by atoms with Gasteiger partial charge in [0.05, 0.1) is 12.2 Å². The maximum absolute atomic E-state index is 9.81. The average molecular weight is 188 g/mol. The van der Waals surface area contributed by atoms with Crippen LogP contribution in [-0.4, -0.2) is 29.2 Å². The molecule has 0 unspecified atom stereocenters. The first-order valence-corrected chi connectivity index (χ1v) is 5.04. The van der Waals surface area contributed by atoms with Crippen molar-refractivity contribution in [3.8, 4) is 0 Å². The Bertz CT molecular complexity index is 152. The lowest BCUT2D eigenvalue weighted by atomic mass is 10.0. The highest BCUT2D eigenvalue weighted by Crippen LogP contribution is 2.29. The SMILES string of the molecule is CC[C@@H]1OC(C)(C)O[C@@H](CC)C1O. The molecule has 1 heterocycles. The Morgan fingerprint density at radius 3 is 1.77 bits per heavy atom. The zero-order chi connectivity index (χ0) is 10.1. The summed E-state index contributed by atoms with van der Waals surface area (Å²) in [5.74, 6) is -0.555. The highest BCUT2D eigenvalue weighted by molar-refractivity contribution is 4.83. The van der Waals surface area contributed by atoms with Gasteiger partial charge in [-0.05, 0) is 26.7 Å². The molecule has 1 N–H and O–H groups in total.